The fraction of sp³-hybridized carbons (Fsp3) is 0.133. The van der Waals surface area contributed by atoms with Gasteiger partial charge in [0.1, 0.15) is 0 Å². The number of nitrogens with two attached hydrogens (primary N) is 1. The second kappa shape index (κ2) is 6.16. The molecule has 0 aliphatic rings. The first kappa shape index (κ1) is 17.8. The average Bonchev–Trinajstić information content (AvgIpc) is 2.46. The van der Waals surface area contributed by atoms with E-state index in [-0.39, 0.29) is 16.1 Å². The minimum Gasteiger partial charge on any atom is -0.366 e. The van der Waals surface area contributed by atoms with E-state index in [4.69, 9.17) is 5.73 Å². The Morgan fingerprint density at radius 3 is 2.38 bits per heavy atom. The van der Waals surface area contributed by atoms with Gasteiger partial charge in [-0.05, 0) is 42.8 Å². The van der Waals surface area contributed by atoms with Gasteiger partial charge in [0.2, 0.25) is 5.91 Å². The van der Waals surface area contributed by atoms with Crippen molar-refractivity contribution in [1.29, 1.82) is 0 Å². The van der Waals surface area contributed by atoms with Crippen molar-refractivity contribution in [2.75, 3.05) is 4.72 Å². The van der Waals surface area contributed by atoms with Crippen LogP contribution in [0, 0.1) is 6.92 Å². The topological polar surface area (TPSA) is 89.3 Å². The largest absolute Gasteiger partial charge is 0.416 e. The Bertz CT molecular complexity index is 893. The van der Waals surface area contributed by atoms with Crippen LogP contribution in [0.4, 0.5) is 18.9 Å². The van der Waals surface area contributed by atoms with Gasteiger partial charge in [-0.2, -0.15) is 13.2 Å². The van der Waals surface area contributed by atoms with Crippen LogP contribution in [0.1, 0.15) is 21.5 Å². The van der Waals surface area contributed by atoms with E-state index < -0.39 is 27.7 Å². The Balaban J connectivity index is 2.39. The number of halogens is 3. The zero-order chi connectivity index (χ0) is 18.1. The Hall–Kier alpha value is -2.55. The molecule has 0 aliphatic carbocycles. The first-order valence-corrected chi connectivity index (χ1v) is 8.09. The van der Waals surface area contributed by atoms with Gasteiger partial charge in [-0.25, -0.2) is 8.42 Å². The number of sulfonamides is 1. The zero-order valence-corrected chi connectivity index (χ0v) is 13.2. The molecule has 2 aromatic rings. The molecule has 0 saturated carbocycles. The summed E-state index contributed by atoms with van der Waals surface area (Å²) in [4.78, 5) is 11.0. The summed E-state index contributed by atoms with van der Waals surface area (Å²) in [5.41, 5.74) is 4.44. The number of hydrogen-bond donors (Lipinski definition) is 2. The van der Waals surface area contributed by atoms with Crippen LogP contribution in [-0.4, -0.2) is 14.3 Å². The third-order valence-corrected chi connectivity index (χ3v) is 4.61. The van der Waals surface area contributed by atoms with E-state index in [1.54, 1.807) is 6.92 Å². The molecule has 0 fully saturated rings. The molecular weight excluding hydrogens is 345 g/mol. The minimum atomic E-state index is -4.59. The van der Waals surface area contributed by atoms with Crippen LogP contribution in [0.15, 0.2) is 47.4 Å². The van der Waals surface area contributed by atoms with Crippen molar-refractivity contribution in [3.05, 3.63) is 59.2 Å². The summed E-state index contributed by atoms with van der Waals surface area (Å²) in [7, 11) is -4.17. The summed E-state index contributed by atoms with van der Waals surface area (Å²) in [6, 6.07) is 7.49. The number of alkyl halides is 3. The van der Waals surface area contributed by atoms with Gasteiger partial charge in [-0.3, -0.25) is 9.52 Å². The van der Waals surface area contributed by atoms with Crippen molar-refractivity contribution >= 4 is 21.6 Å². The molecule has 24 heavy (non-hydrogen) atoms. The Labute approximate surface area is 136 Å². The molecule has 0 aliphatic heterocycles. The lowest BCUT2D eigenvalue weighted by Gasteiger charge is -2.12. The molecule has 0 atom stereocenters. The molecule has 128 valence electrons. The van der Waals surface area contributed by atoms with Gasteiger partial charge in [0.05, 0.1) is 10.5 Å². The normalized spacial score (nSPS) is 12.0. The second-order valence-electron chi connectivity index (χ2n) is 5.03. The summed E-state index contributed by atoms with van der Waals surface area (Å²) in [6.45, 7) is 1.58. The first-order valence-electron chi connectivity index (χ1n) is 6.61. The van der Waals surface area contributed by atoms with Crippen molar-refractivity contribution < 1.29 is 26.4 Å². The van der Waals surface area contributed by atoms with E-state index in [9.17, 15) is 26.4 Å². The Kier molecular flexibility index (Phi) is 4.57. The van der Waals surface area contributed by atoms with Crippen molar-refractivity contribution in [1.82, 2.24) is 0 Å². The van der Waals surface area contributed by atoms with Crippen molar-refractivity contribution in [3.8, 4) is 0 Å². The number of aryl methyl sites for hydroxylation is 1. The smallest absolute Gasteiger partial charge is 0.366 e. The molecule has 2 aromatic carbocycles. The number of rotatable bonds is 4. The van der Waals surface area contributed by atoms with Gasteiger partial charge in [0.15, 0.2) is 0 Å². The highest BCUT2D eigenvalue weighted by Crippen LogP contribution is 2.31. The van der Waals surface area contributed by atoms with Crippen molar-refractivity contribution in [2.45, 2.75) is 18.0 Å². The van der Waals surface area contributed by atoms with E-state index in [1.807, 2.05) is 0 Å². The van der Waals surface area contributed by atoms with Crippen molar-refractivity contribution in [2.24, 2.45) is 5.73 Å². The van der Waals surface area contributed by atoms with Gasteiger partial charge in [-0.15, -0.1) is 0 Å². The van der Waals surface area contributed by atoms with Gasteiger partial charge in [0, 0.05) is 11.3 Å². The van der Waals surface area contributed by atoms with Gasteiger partial charge >= 0.3 is 6.18 Å². The molecule has 0 saturated heterocycles. The van der Waals surface area contributed by atoms with Crippen LogP contribution in [0.5, 0.6) is 0 Å². The molecule has 0 unspecified atom stereocenters. The number of hydrogen-bond acceptors (Lipinski definition) is 3. The molecule has 0 heterocycles. The minimum absolute atomic E-state index is 0.0157. The van der Waals surface area contributed by atoms with E-state index in [1.165, 1.54) is 18.2 Å². The van der Waals surface area contributed by atoms with Gasteiger partial charge < -0.3 is 5.73 Å². The second-order valence-corrected chi connectivity index (χ2v) is 6.71. The number of primary amides is 1. The maximum absolute atomic E-state index is 12.7. The van der Waals surface area contributed by atoms with E-state index in [2.05, 4.69) is 4.72 Å². The molecule has 5 nitrogen and oxygen atoms in total. The molecule has 9 heteroatoms. The predicted octanol–water partition coefficient (Wildman–Crippen LogP) is 2.91. The number of nitrogens with one attached hydrogen (secondary N) is 1. The summed E-state index contributed by atoms with van der Waals surface area (Å²) in [5, 5.41) is 0. The molecular formula is C15H13F3N2O3S. The van der Waals surface area contributed by atoms with Crippen LogP contribution in [0.2, 0.25) is 0 Å². The highest BCUT2D eigenvalue weighted by Gasteiger charge is 2.30. The maximum Gasteiger partial charge on any atom is 0.416 e. The summed E-state index contributed by atoms with van der Waals surface area (Å²) < 4.78 is 64.7. The average molecular weight is 358 g/mol. The third kappa shape index (κ3) is 3.85. The van der Waals surface area contributed by atoms with Crippen molar-refractivity contribution in [3.63, 3.8) is 0 Å². The SMILES string of the molecule is Cc1ccc(S(=O)(=O)Nc2cccc(C(F)(F)F)c2)cc1C(N)=O. The molecule has 0 spiro atoms. The molecule has 0 radical (unpaired) electrons. The predicted molar refractivity (Wildman–Crippen MR) is 81.9 cm³/mol. The molecule has 0 bridgehead atoms. The number of carbonyl (C=O) groups excluding carboxylic acids is 1. The van der Waals surface area contributed by atoms with Gasteiger partial charge in [-0.1, -0.05) is 12.1 Å². The zero-order valence-electron chi connectivity index (χ0n) is 12.4. The highest BCUT2D eigenvalue weighted by molar-refractivity contribution is 7.92. The third-order valence-electron chi connectivity index (χ3n) is 3.23. The molecule has 2 rings (SSSR count). The van der Waals surface area contributed by atoms with Gasteiger partial charge in [0.25, 0.3) is 10.0 Å². The number of amides is 1. The lowest BCUT2D eigenvalue weighted by Crippen LogP contribution is -2.17. The Morgan fingerprint density at radius 1 is 1.12 bits per heavy atom. The number of carbonyl (C=O) groups is 1. The van der Waals surface area contributed by atoms with Crippen LogP contribution >= 0.6 is 0 Å². The van der Waals surface area contributed by atoms with Crippen LogP contribution in [-0.2, 0) is 16.2 Å². The summed E-state index contributed by atoms with van der Waals surface area (Å²) in [5.74, 6) is -0.802. The lowest BCUT2D eigenvalue weighted by molar-refractivity contribution is -0.137. The van der Waals surface area contributed by atoms with E-state index in [0.29, 0.717) is 11.6 Å². The quantitative estimate of drug-likeness (QED) is 0.881. The lowest BCUT2D eigenvalue weighted by atomic mass is 10.1. The monoisotopic (exact) mass is 358 g/mol. The number of anilines is 1. The molecule has 0 aromatic heterocycles. The fourth-order valence-corrected chi connectivity index (χ4v) is 3.08. The van der Waals surface area contributed by atoms with Crippen LogP contribution in [0.3, 0.4) is 0 Å². The molecule has 3 N–H and O–H groups in total. The standard InChI is InChI=1S/C15H13F3N2O3S/c1-9-5-6-12(8-13(9)14(19)21)24(22,23)20-11-4-2-3-10(7-11)15(16,17)18/h2-8,20H,1H3,(H2,19,21). The van der Waals surface area contributed by atoms with E-state index in [0.717, 1.165) is 18.2 Å². The van der Waals surface area contributed by atoms with Crippen LogP contribution < -0.4 is 10.5 Å². The highest BCUT2D eigenvalue weighted by atomic mass is 32.2. The fourth-order valence-electron chi connectivity index (χ4n) is 2.01. The summed E-state index contributed by atoms with van der Waals surface area (Å²) in [6.07, 6.45) is -4.59. The summed E-state index contributed by atoms with van der Waals surface area (Å²) >= 11 is 0. The number of benzene rings is 2. The maximum atomic E-state index is 12.7. The molecule has 1 amide bonds. The van der Waals surface area contributed by atoms with E-state index >= 15 is 0 Å². The first-order chi connectivity index (χ1) is 11.0. The Morgan fingerprint density at radius 2 is 1.79 bits per heavy atom. The van der Waals surface area contributed by atoms with Crippen LogP contribution in [0.25, 0.3) is 0 Å².